The lowest BCUT2D eigenvalue weighted by molar-refractivity contribution is 0.805. The Labute approximate surface area is 109 Å². The third-order valence-corrected chi connectivity index (χ3v) is 3.54. The van der Waals surface area contributed by atoms with Crippen molar-refractivity contribution >= 4 is 0 Å². The van der Waals surface area contributed by atoms with Gasteiger partial charge >= 0.3 is 0 Å². The Morgan fingerprint density at radius 3 is 2.44 bits per heavy atom. The molecule has 1 aromatic heterocycles. The van der Waals surface area contributed by atoms with Gasteiger partial charge < -0.3 is 10.3 Å². The molecule has 3 heteroatoms. The van der Waals surface area contributed by atoms with Crippen LogP contribution < -0.4 is 5.73 Å². The fourth-order valence-corrected chi connectivity index (χ4v) is 2.33. The van der Waals surface area contributed by atoms with E-state index in [1.807, 2.05) is 13.4 Å². The SMILES string of the molecule is Cc1cc(C)c(-c2ncn(C)c2CCN)cc1C. The highest BCUT2D eigenvalue weighted by Crippen LogP contribution is 2.28. The minimum absolute atomic E-state index is 0.649. The van der Waals surface area contributed by atoms with Gasteiger partial charge in [0.2, 0.25) is 0 Å². The molecule has 18 heavy (non-hydrogen) atoms. The molecule has 0 radical (unpaired) electrons. The standard InChI is InChI=1S/C15H21N3/c1-10-7-12(3)13(8-11(10)2)15-14(5-6-16)18(4)9-17-15/h7-9H,5-6,16H2,1-4H3. The summed E-state index contributed by atoms with van der Waals surface area (Å²) in [5.74, 6) is 0. The zero-order chi connectivity index (χ0) is 13.3. The summed E-state index contributed by atoms with van der Waals surface area (Å²) >= 11 is 0. The highest BCUT2D eigenvalue weighted by Gasteiger charge is 2.13. The van der Waals surface area contributed by atoms with Crippen LogP contribution in [0, 0.1) is 20.8 Å². The fraction of sp³-hybridized carbons (Fsp3) is 0.400. The van der Waals surface area contributed by atoms with Crippen LogP contribution in [0.1, 0.15) is 22.4 Å². The molecular formula is C15H21N3. The van der Waals surface area contributed by atoms with E-state index in [2.05, 4.69) is 42.5 Å². The van der Waals surface area contributed by atoms with Crippen molar-refractivity contribution in [2.24, 2.45) is 12.8 Å². The van der Waals surface area contributed by atoms with Gasteiger partial charge in [0.05, 0.1) is 12.0 Å². The molecule has 1 aromatic carbocycles. The average molecular weight is 243 g/mol. The van der Waals surface area contributed by atoms with Crippen molar-refractivity contribution in [2.75, 3.05) is 6.54 Å². The minimum Gasteiger partial charge on any atom is -0.337 e. The predicted octanol–water partition coefficient (Wildman–Crippen LogP) is 2.51. The van der Waals surface area contributed by atoms with Gasteiger partial charge in [-0.1, -0.05) is 6.07 Å². The first-order chi connectivity index (χ1) is 8.54. The lowest BCUT2D eigenvalue weighted by Gasteiger charge is -2.10. The molecule has 0 unspecified atom stereocenters. The number of imidazole rings is 1. The number of hydrogen-bond acceptors (Lipinski definition) is 2. The molecule has 0 fully saturated rings. The fourth-order valence-electron chi connectivity index (χ4n) is 2.33. The average Bonchev–Trinajstić information content (AvgIpc) is 2.67. The molecule has 2 N–H and O–H groups in total. The van der Waals surface area contributed by atoms with E-state index in [-0.39, 0.29) is 0 Å². The number of nitrogens with zero attached hydrogens (tertiary/aromatic N) is 2. The molecule has 3 nitrogen and oxygen atoms in total. The van der Waals surface area contributed by atoms with Gasteiger partial charge in [0.25, 0.3) is 0 Å². The second kappa shape index (κ2) is 4.94. The maximum absolute atomic E-state index is 5.69. The molecule has 2 rings (SSSR count). The number of hydrogen-bond donors (Lipinski definition) is 1. The van der Waals surface area contributed by atoms with Crippen LogP contribution in [0.3, 0.4) is 0 Å². The topological polar surface area (TPSA) is 43.8 Å². The van der Waals surface area contributed by atoms with E-state index >= 15 is 0 Å². The van der Waals surface area contributed by atoms with Crippen molar-refractivity contribution < 1.29 is 0 Å². The summed E-state index contributed by atoms with van der Waals surface area (Å²) < 4.78 is 2.07. The van der Waals surface area contributed by atoms with E-state index in [4.69, 9.17) is 5.73 Å². The Balaban J connectivity index is 2.58. The smallest absolute Gasteiger partial charge is 0.0953 e. The molecule has 0 amide bonds. The lowest BCUT2D eigenvalue weighted by Crippen LogP contribution is -2.07. The molecule has 0 atom stereocenters. The van der Waals surface area contributed by atoms with Crippen molar-refractivity contribution in [1.82, 2.24) is 9.55 Å². The quantitative estimate of drug-likeness (QED) is 0.900. The largest absolute Gasteiger partial charge is 0.337 e. The molecule has 96 valence electrons. The van der Waals surface area contributed by atoms with Crippen LogP contribution in [-0.4, -0.2) is 16.1 Å². The summed E-state index contributed by atoms with van der Waals surface area (Å²) in [5, 5.41) is 0. The number of aryl methyl sites for hydroxylation is 4. The molecule has 0 aliphatic carbocycles. The van der Waals surface area contributed by atoms with Crippen molar-refractivity contribution in [3.8, 4) is 11.3 Å². The van der Waals surface area contributed by atoms with E-state index in [1.165, 1.54) is 27.9 Å². The molecule has 0 saturated heterocycles. The molecular weight excluding hydrogens is 222 g/mol. The van der Waals surface area contributed by atoms with Crippen LogP contribution >= 0.6 is 0 Å². The van der Waals surface area contributed by atoms with Crippen molar-refractivity contribution in [3.05, 3.63) is 40.8 Å². The van der Waals surface area contributed by atoms with Crippen LogP contribution in [0.5, 0.6) is 0 Å². The first kappa shape index (κ1) is 12.8. The van der Waals surface area contributed by atoms with Crippen LogP contribution in [0.4, 0.5) is 0 Å². The van der Waals surface area contributed by atoms with Gasteiger partial charge in [0.15, 0.2) is 0 Å². The number of aromatic nitrogens is 2. The zero-order valence-electron chi connectivity index (χ0n) is 11.6. The van der Waals surface area contributed by atoms with Crippen LogP contribution in [-0.2, 0) is 13.5 Å². The molecule has 0 aliphatic rings. The van der Waals surface area contributed by atoms with E-state index in [1.54, 1.807) is 0 Å². The Morgan fingerprint density at radius 1 is 1.11 bits per heavy atom. The van der Waals surface area contributed by atoms with Gasteiger partial charge in [-0.15, -0.1) is 0 Å². The van der Waals surface area contributed by atoms with Gasteiger partial charge in [0.1, 0.15) is 0 Å². The molecule has 1 heterocycles. The highest BCUT2D eigenvalue weighted by atomic mass is 15.0. The van der Waals surface area contributed by atoms with Gasteiger partial charge in [0, 0.05) is 24.7 Å². The second-order valence-corrected chi connectivity index (χ2v) is 4.94. The number of benzene rings is 1. The third kappa shape index (κ3) is 2.18. The second-order valence-electron chi connectivity index (χ2n) is 4.94. The summed E-state index contributed by atoms with van der Waals surface area (Å²) in [6.45, 7) is 7.08. The molecule has 0 bridgehead atoms. The van der Waals surface area contributed by atoms with Gasteiger partial charge in [-0.25, -0.2) is 4.98 Å². The van der Waals surface area contributed by atoms with Crippen molar-refractivity contribution in [3.63, 3.8) is 0 Å². The highest BCUT2D eigenvalue weighted by molar-refractivity contribution is 5.67. The lowest BCUT2D eigenvalue weighted by atomic mass is 9.97. The Bertz CT molecular complexity index is 567. The van der Waals surface area contributed by atoms with Crippen LogP contribution in [0.2, 0.25) is 0 Å². The monoisotopic (exact) mass is 243 g/mol. The Morgan fingerprint density at radius 2 is 1.78 bits per heavy atom. The summed E-state index contributed by atoms with van der Waals surface area (Å²) in [6.07, 6.45) is 2.73. The summed E-state index contributed by atoms with van der Waals surface area (Å²) in [5.41, 5.74) is 13.1. The van der Waals surface area contributed by atoms with Gasteiger partial charge in [-0.3, -0.25) is 0 Å². The van der Waals surface area contributed by atoms with Crippen LogP contribution in [0.25, 0.3) is 11.3 Å². The molecule has 0 aliphatic heterocycles. The maximum Gasteiger partial charge on any atom is 0.0953 e. The Kier molecular flexibility index (Phi) is 3.53. The number of nitrogens with two attached hydrogens (primary N) is 1. The third-order valence-electron chi connectivity index (χ3n) is 3.54. The summed E-state index contributed by atoms with van der Waals surface area (Å²) in [6, 6.07) is 4.46. The molecule has 0 spiro atoms. The van der Waals surface area contributed by atoms with E-state index in [0.717, 1.165) is 12.1 Å². The first-order valence-corrected chi connectivity index (χ1v) is 6.33. The Hall–Kier alpha value is -1.61. The van der Waals surface area contributed by atoms with Crippen molar-refractivity contribution in [1.29, 1.82) is 0 Å². The molecule has 2 aromatic rings. The maximum atomic E-state index is 5.69. The predicted molar refractivity (Wildman–Crippen MR) is 75.6 cm³/mol. The molecule has 0 saturated carbocycles. The first-order valence-electron chi connectivity index (χ1n) is 6.33. The van der Waals surface area contributed by atoms with Crippen LogP contribution in [0.15, 0.2) is 18.5 Å². The zero-order valence-corrected chi connectivity index (χ0v) is 11.6. The van der Waals surface area contributed by atoms with E-state index < -0.39 is 0 Å². The number of rotatable bonds is 3. The minimum atomic E-state index is 0.649. The van der Waals surface area contributed by atoms with Gasteiger partial charge in [-0.05, 0) is 50.1 Å². The van der Waals surface area contributed by atoms with Crippen molar-refractivity contribution in [2.45, 2.75) is 27.2 Å². The normalized spacial score (nSPS) is 10.9. The van der Waals surface area contributed by atoms with E-state index in [0.29, 0.717) is 6.54 Å². The van der Waals surface area contributed by atoms with E-state index in [9.17, 15) is 0 Å². The summed E-state index contributed by atoms with van der Waals surface area (Å²) in [7, 11) is 2.03. The summed E-state index contributed by atoms with van der Waals surface area (Å²) in [4.78, 5) is 4.54. The van der Waals surface area contributed by atoms with Gasteiger partial charge in [-0.2, -0.15) is 0 Å².